The van der Waals surface area contributed by atoms with E-state index in [-0.39, 0.29) is 11.7 Å². The van der Waals surface area contributed by atoms with Crippen LogP contribution in [0.15, 0.2) is 5.38 Å². The largest absolute Gasteiger partial charge is 0.299 e. The predicted molar refractivity (Wildman–Crippen MR) is 43.5 cm³/mol. The van der Waals surface area contributed by atoms with E-state index in [4.69, 9.17) is 0 Å². The number of ketones is 1. The lowest BCUT2D eigenvalue weighted by atomic mass is 10.1. The normalized spacial score (nSPS) is 10.5. The number of carbonyl (C=O) groups excluding carboxylic acids is 1. The van der Waals surface area contributed by atoms with Gasteiger partial charge in [0.25, 0.3) is 0 Å². The van der Waals surface area contributed by atoms with Crippen LogP contribution in [0.2, 0.25) is 0 Å². The highest BCUT2D eigenvalue weighted by atomic mass is 32.1. The van der Waals surface area contributed by atoms with Crippen LogP contribution in [0.3, 0.4) is 0 Å². The van der Waals surface area contributed by atoms with Gasteiger partial charge in [-0.25, -0.2) is 0 Å². The summed E-state index contributed by atoms with van der Waals surface area (Å²) in [5, 5.41) is 5.59. The van der Waals surface area contributed by atoms with Gasteiger partial charge < -0.3 is 0 Å². The Labute approximate surface area is 69.6 Å². The third-order valence-electron chi connectivity index (χ3n) is 1.40. The van der Waals surface area contributed by atoms with Gasteiger partial charge in [0.05, 0.1) is 12.1 Å². The minimum absolute atomic E-state index is 0.0942. The number of hydrogen-bond donors (Lipinski definition) is 0. The first-order valence-corrected chi connectivity index (χ1v) is 4.32. The summed E-state index contributed by atoms with van der Waals surface area (Å²) >= 11 is 1.28. The molecule has 0 amide bonds. The molecule has 60 valence electrons. The molecule has 0 aromatic carbocycles. The Morgan fingerprint density at radius 3 is 2.91 bits per heavy atom. The topological polar surface area (TPSA) is 42.9 Å². The molecule has 1 aromatic rings. The Bertz CT molecular complexity index is 231. The van der Waals surface area contributed by atoms with E-state index in [1.54, 1.807) is 5.38 Å². The summed E-state index contributed by atoms with van der Waals surface area (Å²) < 4.78 is 3.67. The zero-order chi connectivity index (χ0) is 8.27. The molecule has 1 heterocycles. The molecule has 0 N–H and O–H groups in total. The van der Waals surface area contributed by atoms with E-state index < -0.39 is 0 Å². The Balaban J connectivity index is 2.50. The van der Waals surface area contributed by atoms with Gasteiger partial charge in [-0.1, -0.05) is 18.3 Å². The molecule has 1 rings (SSSR count). The zero-order valence-electron chi connectivity index (χ0n) is 6.57. The highest BCUT2D eigenvalue weighted by Gasteiger charge is 2.09. The summed E-state index contributed by atoms with van der Waals surface area (Å²) in [5.41, 5.74) is 0.786. The van der Waals surface area contributed by atoms with Crippen molar-refractivity contribution in [3.8, 4) is 0 Å². The van der Waals surface area contributed by atoms with Crippen molar-refractivity contribution >= 4 is 17.3 Å². The molecule has 0 radical (unpaired) electrons. The second-order valence-electron chi connectivity index (χ2n) is 2.69. The third-order valence-corrected chi connectivity index (χ3v) is 1.96. The lowest BCUT2D eigenvalue weighted by Crippen LogP contribution is -2.10. The van der Waals surface area contributed by atoms with Gasteiger partial charge in [0.2, 0.25) is 0 Å². The number of nitrogens with zero attached hydrogens (tertiary/aromatic N) is 2. The van der Waals surface area contributed by atoms with Crippen LogP contribution in [0.25, 0.3) is 0 Å². The molecule has 4 heteroatoms. The van der Waals surface area contributed by atoms with E-state index in [0.717, 1.165) is 5.69 Å². The van der Waals surface area contributed by atoms with Crippen molar-refractivity contribution in [2.75, 3.05) is 0 Å². The van der Waals surface area contributed by atoms with Crippen molar-refractivity contribution in [1.82, 2.24) is 9.59 Å². The van der Waals surface area contributed by atoms with Crippen LogP contribution in [-0.2, 0) is 11.2 Å². The van der Waals surface area contributed by atoms with Crippen LogP contribution in [0.1, 0.15) is 19.5 Å². The lowest BCUT2D eigenvalue weighted by molar-refractivity contribution is -0.121. The van der Waals surface area contributed by atoms with E-state index in [2.05, 4.69) is 9.59 Å². The number of carbonyl (C=O) groups is 1. The smallest absolute Gasteiger partial charge is 0.141 e. The fourth-order valence-corrected chi connectivity index (χ4v) is 1.09. The van der Waals surface area contributed by atoms with Crippen molar-refractivity contribution in [2.45, 2.75) is 20.3 Å². The van der Waals surface area contributed by atoms with Crippen molar-refractivity contribution in [3.63, 3.8) is 0 Å². The van der Waals surface area contributed by atoms with Gasteiger partial charge in [0, 0.05) is 11.3 Å². The SMILES string of the molecule is CC(C)C(=O)Cc1csnn1. The number of Topliss-reactive ketones (excluding diaryl/α,β-unsaturated/α-hetero) is 1. The van der Waals surface area contributed by atoms with Gasteiger partial charge in [-0.15, -0.1) is 5.10 Å². The van der Waals surface area contributed by atoms with Gasteiger partial charge >= 0.3 is 0 Å². The highest BCUT2D eigenvalue weighted by Crippen LogP contribution is 2.03. The quantitative estimate of drug-likeness (QED) is 0.686. The summed E-state index contributed by atoms with van der Waals surface area (Å²) in [6.45, 7) is 3.78. The molecule has 0 aliphatic heterocycles. The van der Waals surface area contributed by atoms with Crippen LogP contribution in [-0.4, -0.2) is 15.4 Å². The molecule has 11 heavy (non-hydrogen) atoms. The van der Waals surface area contributed by atoms with Gasteiger partial charge in [0.15, 0.2) is 0 Å². The summed E-state index contributed by atoms with van der Waals surface area (Å²) in [4.78, 5) is 11.1. The van der Waals surface area contributed by atoms with E-state index >= 15 is 0 Å². The maximum absolute atomic E-state index is 11.1. The van der Waals surface area contributed by atoms with Gasteiger partial charge in [-0.3, -0.25) is 4.79 Å². The van der Waals surface area contributed by atoms with Crippen molar-refractivity contribution in [3.05, 3.63) is 11.1 Å². The molecular formula is C7H10N2OS. The molecule has 0 fully saturated rings. The molecular weight excluding hydrogens is 160 g/mol. The first-order chi connectivity index (χ1) is 5.20. The van der Waals surface area contributed by atoms with E-state index in [0.29, 0.717) is 6.42 Å². The number of aromatic nitrogens is 2. The van der Waals surface area contributed by atoms with Crippen LogP contribution < -0.4 is 0 Å². The molecule has 3 nitrogen and oxygen atoms in total. The molecule has 0 spiro atoms. The second kappa shape index (κ2) is 3.57. The number of rotatable bonds is 3. The third kappa shape index (κ3) is 2.38. The highest BCUT2D eigenvalue weighted by molar-refractivity contribution is 7.03. The van der Waals surface area contributed by atoms with Gasteiger partial charge in [-0.2, -0.15) is 0 Å². The standard InChI is InChI=1S/C7H10N2OS/c1-5(2)7(10)3-6-4-11-9-8-6/h4-5H,3H2,1-2H3. The Morgan fingerprint density at radius 2 is 2.45 bits per heavy atom. The minimum atomic E-state index is 0.0942. The summed E-state index contributed by atoms with van der Waals surface area (Å²) in [6, 6.07) is 0. The van der Waals surface area contributed by atoms with E-state index in [9.17, 15) is 4.79 Å². The Morgan fingerprint density at radius 1 is 1.73 bits per heavy atom. The average Bonchev–Trinajstić information content (AvgIpc) is 2.39. The van der Waals surface area contributed by atoms with E-state index in [1.165, 1.54) is 11.5 Å². The minimum Gasteiger partial charge on any atom is -0.299 e. The lowest BCUT2D eigenvalue weighted by Gasteiger charge is -1.99. The first kappa shape index (κ1) is 8.33. The first-order valence-electron chi connectivity index (χ1n) is 3.49. The Hall–Kier alpha value is -0.770. The molecule has 0 saturated carbocycles. The van der Waals surface area contributed by atoms with Crippen molar-refractivity contribution < 1.29 is 4.79 Å². The van der Waals surface area contributed by atoms with Crippen LogP contribution in [0.4, 0.5) is 0 Å². The average molecular weight is 170 g/mol. The predicted octanol–water partition coefficient (Wildman–Crippen LogP) is 1.31. The summed E-state index contributed by atoms with van der Waals surface area (Å²) in [5.74, 6) is 0.314. The summed E-state index contributed by atoms with van der Waals surface area (Å²) in [6.07, 6.45) is 0.425. The van der Waals surface area contributed by atoms with Crippen LogP contribution in [0, 0.1) is 5.92 Å². The van der Waals surface area contributed by atoms with Gasteiger partial charge in [0.1, 0.15) is 5.78 Å². The van der Waals surface area contributed by atoms with Gasteiger partial charge in [-0.05, 0) is 11.5 Å². The second-order valence-corrected chi connectivity index (χ2v) is 3.30. The maximum atomic E-state index is 11.1. The molecule has 0 saturated heterocycles. The van der Waals surface area contributed by atoms with Crippen molar-refractivity contribution in [1.29, 1.82) is 0 Å². The van der Waals surface area contributed by atoms with E-state index in [1.807, 2.05) is 13.8 Å². The monoisotopic (exact) mass is 170 g/mol. The van der Waals surface area contributed by atoms with Crippen LogP contribution in [0.5, 0.6) is 0 Å². The van der Waals surface area contributed by atoms with Crippen molar-refractivity contribution in [2.24, 2.45) is 5.92 Å². The molecule has 0 aliphatic carbocycles. The summed E-state index contributed by atoms with van der Waals surface area (Å²) in [7, 11) is 0. The fraction of sp³-hybridized carbons (Fsp3) is 0.571. The molecule has 0 unspecified atom stereocenters. The fourth-order valence-electron chi connectivity index (χ4n) is 0.644. The Kier molecular flexibility index (Phi) is 2.70. The molecule has 0 aliphatic rings. The zero-order valence-corrected chi connectivity index (χ0v) is 7.39. The molecule has 1 aromatic heterocycles. The molecule has 0 atom stereocenters. The maximum Gasteiger partial charge on any atom is 0.141 e. The number of hydrogen-bond acceptors (Lipinski definition) is 4. The van der Waals surface area contributed by atoms with Crippen LogP contribution >= 0.6 is 11.5 Å². The molecule has 0 bridgehead atoms.